The van der Waals surface area contributed by atoms with Crippen molar-refractivity contribution in [1.29, 1.82) is 0 Å². The van der Waals surface area contributed by atoms with Gasteiger partial charge in [0.2, 0.25) is 0 Å². The number of nitrogens with zero attached hydrogens (tertiary/aromatic N) is 3. The third kappa shape index (κ3) is 3.75. The molecule has 1 amide bonds. The summed E-state index contributed by atoms with van der Waals surface area (Å²) in [6.45, 7) is 5.01. The monoisotopic (exact) mass is 424 g/mol. The number of carbonyl (C=O) groups excluding carboxylic acids is 1. The van der Waals surface area contributed by atoms with Gasteiger partial charge in [0.1, 0.15) is 0 Å². The molecule has 0 saturated heterocycles. The Morgan fingerprint density at radius 3 is 2.69 bits per heavy atom. The highest BCUT2D eigenvalue weighted by atomic mass is 16.5. The summed E-state index contributed by atoms with van der Waals surface area (Å²) < 4.78 is 7.53. The summed E-state index contributed by atoms with van der Waals surface area (Å²) in [7, 11) is 0. The first-order chi connectivity index (χ1) is 15.6. The molecule has 6 nitrogen and oxygen atoms in total. The summed E-state index contributed by atoms with van der Waals surface area (Å²) >= 11 is 0. The van der Waals surface area contributed by atoms with Crippen LogP contribution in [0.15, 0.2) is 71.4 Å². The van der Waals surface area contributed by atoms with Crippen LogP contribution in [0.3, 0.4) is 0 Å². The number of fused-ring (bicyclic) bond motifs is 2. The Bertz CT molecular complexity index is 1420. The number of amides is 1. The third-order valence-corrected chi connectivity index (χ3v) is 5.74. The van der Waals surface area contributed by atoms with Crippen LogP contribution in [0.25, 0.3) is 22.0 Å². The van der Waals surface area contributed by atoms with Crippen molar-refractivity contribution in [3.8, 4) is 0 Å². The smallest absolute Gasteiger partial charge is 0.258 e. The molecule has 5 rings (SSSR count). The summed E-state index contributed by atoms with van der Waals surface area (Å²) in [4.78, 5) is 17.3. The van der Waals surface area contributed by atoms with E-state index in [0.29, 0.717) is 28.9 Å². The van der Waals surface area contributed by atoms with E-state index in [1.165, 1.54) is 22.0 Å². The molecule has 0 unspecified atom stereocenters. The average Bonchev–Trinajstić information content (AvgIpc) is 3.34. The van der Waals surface area contributed by atoms with Crippen molar-refractivity contribution in [2.45, 2.75) is 26.8 Å². The van der Waals surface area contributed by atoms with Gasteiger partial charge in [-0.2, -0.15) is 0 Å². The minimum atomic E-state index is -0.139. The van der Waals surface area contributed by atoms with Gasteiger partial charge in [-0.1, -0.05) is 53.7 Å². The summed E-state index contributed by atoms with van der Waals surface area (Å²) in [6.07, 6.45) is 2.94. The Morgan fingerprint density at radius 1 is 1.06 bits per heavy atom. The van der Waals surface area contributed by atoms with Gasteiger partial charge in [0.25, 0.3) is 11.6 Å². The van der Waals surface area contributed by atoms with E-state index in [-0.39, 0.29) is 5.91 Å². The zero-order valence-corrected chi connectivity index (χ0v) is 18.1. The normalized spacial score (nSPS) is 11.3. The molecule has 32 heavy (non-hydrogen) atoms. The van der Waals surface area contributed by atoms with E-state index in [1.807, 2.05) is 19.9 Å². The predicted octanol–water partition coefficient (Wildman–Crippen LogP) is 4.82. The number of carbonyl (C=O) groups is 1. The predicted molar refractivity (Wildman–Crippen MR) is 125 cm³/mol. The van der Waals surface area contributed by atoms with Crippen molar-refractivity contribution in [2.24, 2.45) is 0 Å². The molecule has 5 aromatic rings. The topological polar surface area (TPSA) is 73.0 Å². The van der Waals surface area contributed by atoms with Crippen LogP contribution in [0.2, 0.25) is 0 Å². The minimum Gasteiger partial charge on any atom is -0.352 e. The molecular weight excluding hydrogens is 400 g/mol. The van der Waals surface area contributed by atoms with Crippen molar-refractivity contribution in [2.75, 3.05) is 6.54 Å². The van der Waals surface area contributed by atoms with E-state index in [2.05, 4.69) is 74.8 Å². The lowest BCUT2D eigenvalue weighted by atomic mass is 10.1. The van der Waals surface area contributed by atoms with Gasteiger partial charge in [0, 0.05) is 35.9 Å². The van der Waals surface area contributed by atoms with Crippen LogP contribution >= 0.6 is 0 Å². The highest BCUT2D eigenvalue weighted by Gasteiger charge is 2.18. The van der Waals surface area contributed by atoms with Gasteiger partial charge >= 0.3 is 0 Å². The van der Waals surface area contributed by atoms with Gasteiger partial charge in [0.05, 0.1) is 16.6 Å². The number of aryl methyl sites for hydroxylation is 2. The second-order valence-corrected chi connectivity index (χ2v) is 8.05. The second kappa shape index (κ2) is 8.30. The summed E-state index contributed by atoms with van der Waals surface area (Å²) in [5, 5.41) is 8.91. The number of hydrogen-bond acceptors (Lipinski definition) is 4. The number of nitrogens with one attached hydrogen (secondary N) is 1. The fourth-order valence-electron chi connectivity index (χ4n) is 4.24. The van der Waals surface area contributed by atoms with Crippen LogP contribution in [0.1, 0.15) is 32.9 Å². The van der Waals surface area contributed by atoms with Crippen LogP contribution in [-0.4, -0.2) is 27.2 Å². The summed E-state index contributed by atoms with van der Waals surface area (Å²) in [6, 6.07) is 20.6. The largest absolute Gasteiger partial charge is 0.352 e. The molecule has 3 heterocycles. The Hall–Kier alpha value is -3.93. The molecule has 0 bridgehead atoms. The van der Waals surface area contributed by atoms with Crippen molar-refractivity contribution >= 4 is 27.9 Å². The highest BCUT2D eigenvalue weighted by Crippen LogP contribution is 2.24. The van der Waals surface area contributed by atoms with Crippen LogP contribution in [0, 0.1) is 13.8 Å². The molecule has 1 N–H and O–H groups in total. The minimum absolute atomic E-state index is 0.139. The number of hydrogen-bond donors (Lipinski definition) is 1. The van der Waals surface area contributed by atoms with Gasteiger partial charge in [0.15, 0.2) is 0 Å². The molecule has 0 radical (unpaired) electrons. The van der Waals surface area contributed by atoms with Crippen LogP contribution in [-0.2, 0) is 13.0 Å². The molecule has 2 aromatic carbocycles. The molecule has 0 aliphatic rings. The molecule has 0 aliphatic heterocycles. The number of pyridine rings is 1. The number of para-hydroxylation sites is 1. The average molecular weight is 425 g/mol. The van der Waals surface area contributed by atoms with Crippen LogP contribution in [0.5, 0.6) is 0 Å². The lowest BCUT2D eigenvalue weighted by molar-refractivity contribution is 0.0955. The van der Waals surface area contributed by atoms with E-state index in [4.69, 9.17) is 4.52 Å². The van der Waals surface area contributed by atoms with Crippen molar-refractivity contribution in [1.82, 2.24) is 20.0 Å². The van der Waals surface area contributed by atoms with E-state index in [9.17, 15) is 4.79 Å². The molecule has 6 heteroatoms. The van der Waals surface area contributed by atoms with Gasteiger partial charge in [-0.05, 0) is 43.5 Å². The van der Waals surface area contributed by atoms with Gasteiger partial charge in [-0.3, -0.25) is 4.79 Å². The highest BCUT2D eigenvalue weighted by molar-refractivity contribution is 6.06. The van der Waals surface area contributed by atoms with E-state index < -0.39 is 0 Å². The summed E-state index contributed by atoms with van der Waals surface area (Å²) in [5.74, 6) is -0.139. The lowest BCUT2D eigenvalue weighted by Gasteiger charge is -2.07. The molecule has 0 fully saturated rings. The van der Waals surface area contributed by atoms with Gasteiger partial charge in [-0.25, -0.2) is 4.98 Å². The fourth-order valence-corrected chi connectivity index (χ4v) is 4.24. The van der Waals surface area contributed by atoms with Crippen molar-refractivity contribution < 1.29 is 9.32 Å². The van der Waals surface area contributed by atoms with E-state index in [0.717, 1.165) is 18.7 Å². The molecule has 3 aromatic heterocycles. The quantitative estimate of drug-likeness (QED) is 0.424. The zero-order chi connectivity index (χ0) is 22.1. The standard InChI is InChI=1S/C26H24N4O2/c1-17-14-22(24-18(2)29-32-26(24)28-17)25(31)27-13-12-20-16-30(15-19-8-4-3-5-9-19)23-11-7-6-10-21(20)23/h3-11,14,16H,12-13,15H2,1-2H3,(H,27,31). The Kier molecular flexibility index (Phi) is 5.19. The van der Waals surface area contributed by atoms with Gasteiger partial charge in [-0.15, -0.1) is 0 Å². The Balaban J connectivity index is 1.35. The third-order valence-electron chi connectivity index (χ3n) is 5.74. The SMILES string of the molecule is Cc1cc(C(=O)NCCc2cn(Cc3ccccc3)c3ccccc23)c2c(C)noc2n1. The zero-order valence-electron chi connectivity index (χ0n) is 18.1. The lowest BCUT2D eigenvalue weighted by Crippen LogP contribution is -2.26. The Morgan fingerprint density at radius 2 is 1.84 bits per heavy atom. The van der Waals surface area contributed by atoms with Crippen LogP contribution in [0.4, 0.5) is 0 Å². The molecule has 160 valence electrons. The first kappa shape index (κ1) is 20.0. The van der Waals surface area contributed by atoms with E-state index >= 15 is 0 Å². The first-order valence-electron chi connectivity index (χ1n) is 10.7. The van der Waals surface area contributed by atoms with Crippen molar-refractivity contribution in [3.05, 3.63) is 94.9 Å². The molecule has 0 spiro atoms. The maximum absolute atomic E-state index is 12.9. The number of benzene rings is 2. The molecular formula is C26H24N4O2. The Labute approximate surface area is 185 Å². The van der Waals surface area contributed by atoms with Crippen molar-refractivity contribution in [3.63, 3.8) is 0 Å². The van der Waals surface area contributed by atoms with Crippen LogP contribution < -0.4 is 5.32 Å². The van der Waals surface area contributed by atoms with E-state index in [1.54, 1.807) is 6.07 Å². The number of rotatable bonds is 6. The summed E-state index contributed by atoms with van der Waals surface area (Å²) in [5.41, 5.74) is 6.02. The molecule has 0 saturated carbocycles. The van der Waals surface area contributed by atoms with Gasteiger partial charge < -0.3 is 14.4 Å². The maximum atomic E-state index is 12.9. The fraction of sp³-hybridized carbons (Fsp3) is 0.192. The molecule has 0 aliphatic carbocycles. The maximum Gasteiger partial charge on any atom is 0.258 e. The first-order valence-corrected chi connectivity index (χ1v) is 10.7. The second-order valence-electron chi connectivity index (χ2n) is 8.05. The molecule has 0 atom stereocenters. The number of aromatic nitrogens is 3.